The van der Waals surface area contributed by atoms with Crippen LogP contribution in [0.15, 0.2) is 22.9 Å². The van der Waals surface area contributed by atoms with Gasteiger partial charge in [-0.1, -0.05) is 19.4 Å². The summed E-state index contributed by atoms with van der Waals surface area (Å²) >= 11 is 0. The van der Waals surface area contributed by atoms with Crippen LogP contribution in [0.4, 0.5) is 0 Å². The maximum atomic E-state index is 11.1. The molecule has 0 bridgehead atoms. The molecule has 0 saturated heterocycles. The number of hydrogen-bond donors (Lipinski definition) is 1. The van der Waals surface area contributed by atoms with E-state index >= 15 is 0 Å². The molecule has 1 amide bonds. The fourth-order valence-electron chi connectivity index (χ4n) is 1.84. The van der Waals surface area contributed by atoms with Gasteiger partial charge in [-0.25, -0.2) is 0 Å². The van der Waals surface area contributed by atoms with Crippen LogP contribution in [0.25, 0.3) is 0 Å². The molecule has 2 aliphatic rings. The number of hydrogen-bond acceptors (Lipinski definition) is 1. The van der Waals surface area contributed by atoms with Gasteiger partial charge in [0, 0.05) is 11.1 Å². The quantitative estimate of drug-likeness (QED) is 0.579. The molecule has 12 heavy (non-hydrogen) atoms. The third-order valence-electron chi connectivity index (χ3n) is 3.04. The number of nitrogens with one attached hydrogen (secondary N) is 1. The first-order valence-electron chi connectivity index (χ1n) is 4.24. The number of amides is 1. The lowest BCUT2D eigenvalue weighted by Crippen LogP contribution is -2.16. The SMILES string of the molecule is CC1=CC2=C(CC(=O)N2)C1(C)C. The fourth-order valence-corrected chi connectivity index (χ4v) is 1.84. The lowest BCUT2D eigenvalue weighted by atomic mass is 9.80. The van der Waals surface area contributed by atoms with Crippen molar-refractivity contribution in [3.63, 3.8) is 0 Å². The van der Waals surface area contributed by atoms with Crippen LogP contribution >= 0.6 is 0 Å². The van der Waals surface area contributed by atoms with Crippen molar-refractivity contribution in [1.29, 1.82) is 0 Å². The molecule has 1 aliphatic heterocycles. The van der Waals surface area contributed by atoms with Crippen LogP contribution in [-0.2, 0) is 4.79 Å². The van der Waals surface area contributed by atoms with Crippen molar-refractivity contribution in [3.8, 4) is 0 Å². The Kier molecular flexibility index (Phi) is 1.27. The molecule has 1 heterocycles. The zero-order chi connectivity index (χ0) is 8.93. The van der Waals surface area contributed by atoms with Gasteiger partial charge in [0.1, 0.15) is 0 Å². The maximum absolute atomic E-state index is 11.1. The monoisotopic (exact) mass is 163 g/mol. The van der Waals surface area contributed by atoms with Gasteiger partial charge in [0.05, 0.1) is 6.42 Å². The van der Waals surface area contributed by atoms with Crippen molar-refractivity contribution in [3.05, 3.63) is 22.9 Å². The largest absolute Gasteiger partial charge is 0.326 e. The third kappa shape index (κ3) is 0.779. The fraction of sp³-hybridized carbons (Fsp3) is 0.500. The Labute approximate surface area is 72.3 Å². The standard InChI is InChI=1S/C10H13NO/c1-6-4-8-7(10(6,2)3)5-9(12)11-8/h4H,5H2,1-3H3,(H,11,12). The molecule has 0 aromatic heterocycles. The molecule has 0 fully saturated rings. The normalized spacial score (nSPS) is 25.6. The van der Waals surface area contributed by atoms with Gasteiger partial charge in [-0.2, -0.15) is 0 Å². The minimum atomic E-state index is 0.0918. The second kappa shape index (κ2) is 2.00. The first kappa shape index (κ1) is 7.59. The molecule has 0 aromatic carbocycles. The van der Waals surface area contributed by atoms with Gasteiger partial charge >= 0.3 is 0 Å². The predicted molar refractivity (Wildman–Crippen MR) is 47.3 cm³/mol. The zero-order valence-corrected chi connectivity index (χ0v) is 7.69. The molecule has 0 spiro atoms. The van der Waals surface area contributed by atoms with E-state index in [2.05, 4.69) is 32.2 Å². The van der Waals surface area contributed by atoms with Crippen LogP contribution in [0.5, 0.6) is 0 Å². The highest BCUT2D eigenvalue weighted by atomic mass is 16.1. The Balaban J connectivity index is 2.44. The van der Waals surface area contributed by atoms with E-state index in [1.165, 1.54) is 11.1 Å². The van der Waals surface area contributed by atoms with Crippen LogP contribution in [0.1, 0.15) is 27.2 Å². The summed E-state index contributed by atoms with van der Waals surface area (Å²) in [5, 5.41) is 2.87. The number of allylic oxidation sites excluding steroid dienone is 2. The van der Waals surface area contributed by atoms with Crippen LogP contribution in [-0.4, -0.2) is 5.91 Å². The minimum absolute atomic E-state index is 0.0918. The molecule has 0 saturated carbocycles. The molecule has 2 nitrogen and oxygen atoms in total. The Morgan fingerprint density at radius 2 is 2.17 bits per heavy atom. The molecule has 0 radical (unpaired) electrons. The first-order chi connectivity index (χ1) is 5.51. The van der Waals surface area contributed by atoms with Gasteiger partial charge in [-0.15, -0.1) is 0 Å². The van der Waals surface area contributed by atoms with Crippen molar-refractivity contribution in [2.45, 2.75) is 27.2 Å². The lowest BCUT2D eigenvalue weighted by molar-refractivity contribution is -0.119. The van der Waals surface area contributed by atoms with Crippen molar-refractivity contribution in [1.82, 2.24) is 5.32 Å². The van der Waals surface area contributed by atoms with Crippen LogP contribution in [0.2, 0.25) is 0 Å². The van der Waals surface area contributed by atoms with E-state index in [0.717, 1.165) is 5.70 Å². The Morgan fingerprint density at radius 1 is 1.50 bits per heavy atom. The second-order valence-corrected chi connectivity index (χ2v) is 4.07. The highest BCUT2D eigenvalue weighted by Crippen LogP contribution is 2.45. The number of carbonyl (C=O) groups is 1. The number of rotatable bonds is 0. The molecule has 64 valence electrons. The summed E-state index contributed by atoms with van der Waals surface area (Å²) < 4.78 is 0. The zero-order valence-electron chi connectivity index (χ0n) is 7.69. The molecule has 0 unspecified atom stereocenters. The van der Waals surface area contributed by atoms with Crippen molar-refractivity contribution in [2.75, 3.05) is 0 Å². The average Bonchev–Trinajstić information content (AvgIpc) is 2.38. The summed E-state index contributed by atoms with van der Waals surface area (Å²) in [6.07, 6.45) is 2.66. The molecule has 1 N–H and O–H groups in total. The second-order valence-electron chi connectivity index (χ2n) is 4.07. The molecule has 2 heteroatoms. The molecule has 0 aromatic rings. The Bertz CT molecular complexity index is 321. The Morgan fingerprint density at radius 3 is 2.75 bits per heavy atom. The third-order valence-corrected chi connectivity index (χ3v) is 3.04. The Hall–Kier alpha value is -1.05. The van der Waals surface area contributed by atoms with E-state index in [1.807, 2.05) is 0 Å². The van der Waals surface area contributed by atoms with E-state index < -0.39 is 0 Å². The van der Waals surface area contributed by atoms with Gasteiger partial charge in [-0.05, 0) is 18.6 Å². The highest BCUT2D eigenvalue weighted by molar-refractivity contribution is 5.86. The summed E-state index contributed by atoms with van der Waals surface area (Å²) in [5.74, 6) is 0.136. The molecule has 2 rings (SSSR count). The summed E-state index contributed by atoms with van der Waals surface area (Å²) in [4.78, 5) is 11.1. The van der Waals surface area contributed by atoms with E-state index in [9.17, 15) is 4.79 Å². The first-order valence-corrected chi connectivity index (χ1v) is 4.24. The molecular formula is C10H13NO. The summed E-state index contributed by atoms with van der Waals surface area (Å²) in [5.41, 5.74) is 3.73. The van der Waals surface area contributed by atoms with Gasteiger partial charge < -0.3 is 5.32 Å². The van der Waals surface area contributed by atoms with E-state index in [4.69, 9.17) is 0 Å². The smallest absolute Gasteiger partial charge is 0.228 e. The van der Waals surface area contributed by atoms with Crippen molar-refractivity contribution in [2.24, 2.45) is 5.41 Å². The average molecular weight is 163 g/mol. The molecule has 0 atom stereocenters. The minimum Gasteiger partial charge on any atom is -0.326 e. The maximum Gasteiger partial charge on any atom is 0.228 e. The van der Waals surface area contributed by atoms with E-state index in [-0.39, 0.29) is 11.3 Å². The lowest BCUT2D eigenvalue weighted by Gasteiger charge is -2.22. The van der Waals surface area contributed by atoms with Crippen LogP contribution in [0, 0.1) is 5.41 Å². The van der Waals surface area contributed by atoms with E-state index in [1.54, 1.807) is 0 Å². The molecule has 1 aliphatic carbocycles. The topological polar surface area (TPSA) is 29.1 Å². The van der Waals surface area contributed by atoms with Gasteiger partial charge in [0.15, 0.2) is 0 Å². The van der Waals surface area contributed by atoms with Crippen LogP contribution < -0.4 is 5.32 Å². The van der Waals surface area contributed by atoms with Gasteiger partial charge in [0.25, 0.3) is 0 Å². The van der Waals surface area contributed by atoms with Crippen molar-refractivity contribution >= 4 is 5.91 Å². The highest BCUT2D eigenvalue weighted by Gasteiger charge is 2.37. The summed E-state index contributed by atoms with van der Waals surface area (Å²) in [6, 6.07) is 0. The van der Waals surface area contributed by atoms with E-state index in [0.29, 0.717) is 6.42 Å². The van der Waals surface area contributed by atoms with Gasteiger partial charge in [-0.3, -0.25) is 4.79 Å². The molecular weight excluding hydrogens is 150 g/mol. The summed E-state index contributed by atoms with van der Waals surface area (Å²) in [6.45, 7) is 6.45. The van der Waals surface area contributed by atoms with Crippen LogP contribution in [0.3, 0.4) is 0 Å². The van der Waals surface area contributed by atoms with Crippen molar-refractivity contribution < 1.29 is 4.79 Å². The summed E-state index contributed by atoms with van der Waals surface area (Å²) in [7, 11) is 0. The number of carbonyl (C=O) groups excluding carboxylic acids is 1. The van der Waals surface area contributed by atoms with Gasteiger partial charge in [0.2, 0.25) is 5.91 Å². The predicted octanol–water partition coefficient (Wildman–Crippen LogP) is 1.75.